The van der Waals surface area contributed by atoms with Crippen LogP contribution in [0.1, 0.15) is 226 Å². The van der Waals surface area contributed by atoms with Crippen LogP contribution < -0.4 is 0 Å². The Morgan fingerprint density at radius 2 is 0.797 bits per heavy atom. The van der Waals surface area contributed by atoms with Gasteiger partial charge in [0.1, 0.15) is 18.8 Å². The molecule has 1 aliphatic rings. The minimum atomic E-state index is -1.92. The molecule has 1 saturated heterocycles. The smallest absolute Gasteiger partial charge is 0.335 e. The molecular weight excluding hydrogens is 997 g/mol. The standard InChI is InChI=1S/C67H106O12/c1-4-7-10-13-16-19-22-25-28-29-30-31-34-37-40-43-46-49-52-55-61(70)78-65-63(72)62(71)64(66(73)74)79-67(65)76-57-58(77-60(69)54-51-48-45-42-39-36-33-27-24-21-18-15-12-9-6-3)56-75-59(68)53-50-47-44-41-38-35-32-26-23-20-17-14-11-8-5-2/h8-9,11-12,16-21,25-28,30-33,38,41,58,62-65,67,71-72H,4-7,10,13-15,22-24,29,34-37,39-40,42-57H2,1-3H3,(H,73,74)/b11-8-,12-9-,19-16-,20-17-,21-18-,28-25-,31-30-,32-26-,33-27-,41-38-. The second-order valence-electron chi connectivity index (χ2n) is 20.2. The van der Waals surface area contributed by atoms with Crippen LogP contribution in [0.15, 0.2) is 122 Å². The first-order valence-corrected chi connectivity index (χ1v) is 30.5. The van der Waals surface area contributed by atoms with Crippen LogP contribution >= 0.6 is 0 Å². The van der Waals surface area contributed by atoms with Gasteiger partial charge in [-0.15, -0.1) is 0 Å². The van der Waals surface area contributed by atoms with Crippen LogP contribution in [0, 0.1) is 0 Å². The molecular formula is C67H106O12. The highest BCUT2D eigenvalue weighted by molar-refractivity contribution is 5.74. The Hall–Kier alpha value is -4.88. The normalized spacial score (nSPS) is 18.7. The first-order chi connectivity index (χ1) is 38.6. The fourth-order valence-electron chi connectivity index (χ4n) is 8.38. The summed E-state index contributed by atoms with van der Waals surface area (Å²) in [5.41, 5.74) is 0. The van der Waals surface area contributed by atoms with Gasteiger partial charge in [0.2, 0.25) is 0 Å². The van der Waals surface area contributed by atoms with Gasteiger partial charge in [0.05, 0.1) is 6.61 Å². The van der Waals surface area contributed by atoms with Gasteiger partial charge in [-0.2, -0.15) is 0 Å². The number of hydrogen-bond donors (Lipinski definition) is 3. The van der Waals surface area contributed by atoms with Crippen molar-refractivity contribution in [1.82, 2.24) is 0 Å². The van der Waals surface area contributed by atoms with E-state index in [2.05, 4.69) is 142 Å². The van der Waals surface area contributed by atoms with E-state index in [9.17, 15) is 34.5 Å². The van der Waals surface area contributed by atoms with Crippen LogP contribution in [-0.2, 0) is 42.9 Å². The number of carboxylic acid groups (broad SMARTS) is 1. The average molecular weight is 1100 g/mol. The number of ether oxygens (including phenoxy) is 5. The Morgan fingerprint density at radius 3 is 1.24 bits per heavy atom. The lowest BCUT2D eigenvalue weighted by Crippen LogP contribution is -2.61. The molecule has 6 atom stereocenters. The monoisotopic (exact) mass is 1100 g/mol. The number of unbranched alkanes of at least 4 members (excludes halogenated alkanes) is 16. The maximum absolute atomic E-state index is 13.2. The van der Waals surface area contributed by atoms with Crippen molar-refractivity contribution in [1.29, 1.82) is 0 Å². The van der Waals surface area contributed by atoms with E-state index in [-0.39, 0.29) is 25.9 Å². The molecule has 3 N–H and O–H groups in total. The average Bonchev–Trinajstić information content (AvgIpc) is 3.46. The molecule has 1 fully saturated rings. The van der Waals surface area contributed by atoms with Gasteiger partial charge in [0, 0.05) is 19.3 Å². The quantitative estimate of drug-likeness (QED) is 0.0228. The van der Waals surface area contributed by atoms with Crippen molar-refractivity contribution < 1.29 is 58.2 Å². The van der Waals surface area contributed by atoms with Crippen molar-refractivity contribution in [2.75, 3.05) is 13.2 Å². The molecule has 446 valence electrons. The van der Waals surface area contributed by atoms with E-state index < -0.39 is 67.3 Å². The molecule has 0 radical (unpaired) electrons. The van der Waals surface area contributed by atoms with Gasteiger partial charge < -0.3 is 39.0 Å². The molecule has 12 nitrogen and oxygen atoms in total. The second-order valence-corrected chi connectivity index (χ2v) is 20.2. The lowest BCUT2D eigenvalue weighted by molar-refractivity contribution is -0.301. The molecule has 1 aliphatic heterocycles. The van der Waals surface area contributed by atoms with E-state index in [1.165, 1.54) is 19.3 Å². The number of carbonyl (C=O) groups is 4. The summed E-state index contributed by atoms with van der Waals surface area (Å²) in [6.45, 7) is 5.68. The van der Waals surface area contributed by atoms with Crippen molar-refractivity contribution in [2.45, 2.75) is 263 Å². The first kappa shape index (κ1) is 72.1. The molecule has 79 heavy (non-hydrogen) atoms. The number of aliphatic carboxylic acids is 1. The number of aliphatic hydroxyl groups excluding tert-OH is 2. The zero-order chi connectivity index (χ0) is 57.5. The third-order valence-electron chi connectivity index (χ3n) is 13.0. The maximum Gasteiger partial charge on any atom is 0.335 e. The maximum atomic E-state index is 13.2. The van der Waals surface area contributed by atoms with E-state index in [4.69, 9.17) is 23.7 Å². The number of allylic oxidation sites excluding steroid dienone is 20. The van der Waals surface area contributed by atoms with Crippen molar-refractivity contribution >= 4 is 23.9 Å². The third kappa shape index (κ3) is 43.6. The molecule has 0 aromatic carbocycles. The zero-order valence-electron chi connectivity index (χ0n) is 49.1. The van der Waals surface area contributed by atoms with Crippen molar-refractivity contribution in [3.8, 4) is 0 Å². The van der Waals surface area contributed by atoms with E-state index in [1.807, 2.05) is 0 Å². The summed E-state index contributed by atoms with van der Waals surface area (Å²) >= 11 is 0. The number of rotatable bonds is 50. The highest BCUT2D eigenvalue weighted by Gasteiger charge is 2.50. The lowest BCUT2D eigenvalue weighted by atomic mass is 9.98. The minimum absolute atomic E-state index is 0.0332. The van der Waals surface area contributed by atoms with Crippen molar-refractivity contribution in [3.05, 3.63) is 122 Å². The molecule has 0 spiro atoms. The fourth-order valence-corrected chi connectivity index (χ4v) is 8.38. The van der Waals surface area contributed by atoms with Crippen molar-refractivity contribution in [2.24, 2.45) is 0 Å². The second kappa shape index (κ2) is 53.7. The predicted octanol–water partition coefficient (Wildman–Crippen LogP) is 16.0. The van der Waals surface area contributed by atoms with Gasteiger partial charge in [-0.3, -0.25) is 14.4 Å². The Bertz CT molecular complexity index is 1840. The summed E-state index contributed by atoms with van der Waals surface area (Å²) in [6.07, 6.45) is 61.6. The van der Waals surface area contributed by atoms with Gasteiger partial charge in [0.15, 0.2) is 24.6 Å². The van der Waals surface area contributed by atoms with Crippen LogP contribution in [-0.4, -0.2) is 89.2 Å². The predicted molar refractivity (Wildman–Crippen MR) is 321 cm³/mol. The largest absolute Gasteiger partial charge is 0.479 e. The molecule has 0 saturated carbocycles. The SMILES string of the molecule is CC/C=C\C/C=C\C/C=C\C/C=C\CCCCC(=O)OCC(COC1OC(C(=O)O)C(O)C(O)C1OC(=O)CCCCCCCC/C=C\C/C=C\C/C=C\CCCCC)OC(=O)CCCCCCC/C=C\C/C=C\C/C=C\CC. The molecule has 0 aromatic rings. The fraction of sp³-hybridized carbons (Fsp3) is 0.642. The van der Waals surface area contributed by atoms with Crippen LogP contribution in [0.5, 0.6) is 0 Å². The summed E-state index contributed by atoms with van der Waals surface area (Å²) in [6, 6.07) is 0. The molecule has 1 heterocycles. The molecule has 1 rings (SSSR count). The molecule has 0 amide bonds. The number of hydrogen-bond acceptors (Lipinski definition) is 11. The van der Waals surface area contributed by atoms with Gasteiger partial charge in [0.25, 0.3) is 0 Å². The Labute approximate surface area is 478 Å². The van der Waals surface area contributed by atoms with Crippen LogP contribution in [0.4, 0.5) is 0 Å². The van der Waals surface area contributed by atoms with Crippen molar-refractivity contribution in [3.63, 3.8) is 0 Å². The molecule has 0 bridgehead atoms. The number of aliphatic hydroxyl groups is 2. The molecule has 6 unspecified atom stereocenters. The summed E-state index contributed by atoms with van der Waals surface area (Å²) in [5.74, 6) is -3.23. The highest BCUT2D eigenvalue weighted by Crippen LogP contribution is 2.26. The summed E-state index contributed by atoms with van der Waals surface area (Å²) in [7, 11) is 0. The number of carbonyl (C=O) groups excluding carboxylic acids is 3. The number of carboxylic acids is 1. The minimum Gasteiger partial charge on any atom is -0.479 e. The molecule has 0 aliphatic carbocycles. The summed E-state index contributed by atoms with van der Waals surface area (Å²) < 4.78 is 28.4. The lowest BCUT2D eigenvalue weighted by Gasteiger charge is -2.40. The van der Waals surface area contributed by atoms with E-state index >= 15 is 0 Å². The van der Waals surface area contributed by atoms with Crippen LogP contribution in [0.3, 0.4) is 0 Å². The number of esters is 3. The van der Waals surface area contributed by atoms with E-state index in [0.717, 1.165) is 148 Å². The van der Waals surface area contributed by atoms with E-state index in [0.29, 0.717) is 19.3 Å². The van der Waals surface area contributed by atoms with Gasteiger partial charge >= 0.3 is 23.9 Å². The topological polar surface area (TPSA) is 175 Å². The van der Waals surface area contributed by atoms with Crippen LogP contribution in [0.2, 0.25) is 0 Å². The summed E-state index contributed by atoms with van der Waals surface area (Å²) in [4.78, 5) is 51.2. The highest BCUT2D eigenvalue weighted by atomic mass is 16.7. The Kier molecular flexibility index (Phi) is 49.1. The van der Waals surface area contributed by atoms with Gasteiger partial charge in [-0.25, -0.2) is 4.79 Å². The Morgan fingerprint density at radius 1 is 0.430 bits per heavy atom. The molecule has 0 aromatic heterocycles. The van der Waals surface area contributed by atoms with Gasteiger partial charge in [-0.1, -0.05) is 200 Å². The Balaban J connectivity index is 2.72. The van der Waals surface area contributed by atoms with Crippen LogP contribution in [0.25, 0.3) is 0 Å². The first-order valence-electron chi connectivity index (χ1n) is 30.5. The van der Waals surface area contributed by atoms with Gasteiger partial charge in [-0.05, 0) is 128 Å². The summed E-state index contributed by atoms with van der Waals surface area (Å²) in [5, 5.41) is 31.5. The molecule has 12 heteroatoms. The third-order valence-corrected chi connectivity index (χ3v) is 13.0. The zero-order valence-corrected chi connectivity index (χ0v) is 49.1. The van der Waals surface area contributed by atoms with E-state index in [1.54, 1.807) is 0 Å².